The molecule has 19 heavy (non-hydrogen) atoms. The highest BCUT2D eigenvalue weighted by molar-refractivity contribution is 7.86. The van der Waals surface area contributed by atoms with Gasteiger partial charge in [0.2, 0.25) is 0 Å². The van der Waals surface area contributed by atoms with Crippen molar-refractivity contribution in [3.63, 3.8) is 0 Å². The van der Waals surface area contributed by atoms with E-state index in [1.807, 2.05) is 0 Å². The highest BCUT2D eigenvalue weighted by atomic mass is 32.2. The number of rotatable bonds is 0. The van der Waals surface area contributed by atoms with Gasteiger partial charge in [0, 0.05) is 4.90 Å². The normalized spacial score (nSPS) is 11.8. The molecule has 1 rings (SSSR count). The summed E-state index contributed by atoms with van der Waals surface area (Å²) in [5.74, 6) is 0. The van der Waals surface area contributed by atoms with Gasteiger partial charge in [-0.25, -0.2) is 0 Å². The third kappa shape index (κ3) is 5.04. The van der Waals surface area contributed by atoms with Crippen LogP contribution >= 0.6 is 12.6 Å². The first-order valence-electron chi connectivity index (χ1n) is 5.09. The lowest BCUT2D eigenvalue weighted by Gasteiger charge is -2.09. The van der Waals surface area contributed by atoms with E-state index in [4.69, 9.17) is 13.0 Å². The Balaban J connectivity index is 0.000000362. The van der Waals surface area contributed by atoms with Gasteiger partial charge in [-0.2, -0.15) is 21.6 Å². The molecule has 0 amide bonds. The minimum absolute atomic E-state index is 1.10. The molecule has 0 atom stereocenters. The molecule has 0 bridgehead atoms. The molecule has 0 saturated heterocycles. The van der Waals surface area contributed by atoms with E-state index in [0.29, 0.717) is 0 Å². The molecule has 0 unspecified atom stereocenters. The second-order valence-corrected chi connectivity index (χ2v) is 5.90. The maximum absolute atomic E-state index is 10.7. The van der Waals surface area contributed by atoms with E-state index in [-0.39, 0.29) is 0 Å². The van der Waals surface area contributed by atoms with Crippen molar-refractivity contribution in [3.05, 3.63) is 28.3 Å². The second kappa shape index (κ2) is 6.15. The number of thiol groups is 1. The Hall–Kier alpha value is -0.730. The van der Waals surface area contributed by atoms with E-state index >= 15 is 0 Å². The van der Waals surface area contributed by atoms with Gasteiger partial charge in [0.25, 0.3) is 0 Å². The third-order valence-corrected chi connectivity index (χ3v) is 3.80. The first kappa shape index (κ1) is 18.3. The summed E-state index contributed by atoms with van der Waals surface area (Å²) in [6, 6.07) is 2.13. The van der Waals surface area contributed by atoms with Gasteiger partial charge in [-0.1, -0.05) is 0 Å². The zero-order valence-electron chi connectivity index (χ0n) is 10.8. The largest absolute Gasteiger partial charge is 0.522 e. The molecule has 0 spiro atoms. The van der Waals surface area contributed by atoms with Gasteiger partial charge in [0.05, 0.1) is 0 Å². The molecule has 0 heterocycles. The fourth-order valence-corrected chi connectivity index (χ4v) is 1.55. The number of hydrogen-bond acceptors (Lipinski definition) is 3. The molecule has 0 aliphatic rings. The molecular weight excluding hydrogens is 301 g/mol. The number of alkyl halides is 3. The SMILES string of the molecule is Cc1cc(S)c(C)c(C)c1C.O=S(=O)(O)C(F)(F)F. The molecule has 0 aliphatic heterocycles. The monoisotopic (exact) mass is 316 g/mol. The molecule has 0 aliphatic carbocycles. The van der Waals surface area contributed by atoms with Crippen molar-refractivity contribution in [2.45, 2.75) is 38.1 Å². The smallest absolute Gasteiger partial charge is 0.279 e. The van der Waals surface area contributed by atoms with E-state index in [9.17, 15) is 13.2 Å². The van der Waals surface area contributed by atoms with Gasteiger partial charge < -0.3 is 0 Å². The number of aryl methyl sites for hydroxylation is 1. The predicted molar refractivity (Wildman–Crippen MR) is 70.2 cm³/mol. The van der Waals surface area contributed by atoms with Gasteiger partial charge in [-0.05, 0) is 56.0 Å². The van der Waals surface area contributed by atoms with Crippen LogP contribution in [-0.4, -0.2) is 18.5 Å². The van der Waals surface area contributed by atoms with Gasteiger partial charge in [-0.15, -0.1) is 12.6 Å². The lowest BCUT2D eigenvalue weighted by Crippen LogP contribution is -2.21. The third-order valence-electron chi connectivity index (χ3n) is 2.75. The van der Waals surface area contributed by atoms with E-state index in [1.54, 1.807) is 0 Å². The maximum Gasteiger partial charge on any atom is 0.522 e. The summed E-state index contributed by atoms with van der Waals surface area (Å²) in [4.78, 5) is 1.10. The van der Waals surface area contributed by atoms with Crippen LogP contribution in [-0.2, 0) is 10.1 Å². The van der Waals surface area contributed by atoms with Crippen molar-refractivity contribution in [1.82, 2.24) is 0 Å². The minimum atomic E-state index is -5.84. The molecule has 8 heteroatoms. The van der Waals surface area contributed by atoms with Crippen molar-refractivity contribution < 1.29 is 26.1 Å². The molecule has 0 aromatic heterocycles. The number of halogens is 3. The molecule has 1 aromatic carbocycles. The zero-order chi connectivity index (χ0) is 15.6. The molecule has 110 valence electrons. The van der Waals surface area contributed by atoms with E-state index in [2.05, 4.69) is 46.4 Å². The summed E-state index contributed by atoms with van der Waals surface area (Å²) < 4.78 is 57.5. The van der Waals surface area contributed by atoms with Crippen molar-refractivity contribution in [3.8, 4) is 0 Å². The van der Waals surface area contributed by atoms with Gasteiger partial charge in [0.15, 0.2) is 0 Å². The lowest BCUT2D eigenvalue weighted by molar-refractivity contribution is -0.0510. The van der Waals surface area contributed by atoms with Crippen LogP contribution in [0.25, 0.3) is 0 Å². The second-order valence-electron chi connectivity index (χ2n) is 4.01. The van der Waals surface area contributed by atoms with Crippen molar-refractivity contribution in [2.75, 3.05) is 0 Å². The summed E-state index contributed by atoms with van der Waals surface area (Å²) in [6.45, 7) is 8.55. The van der Waals surface area contributed by atoms with E-state index < -0.39 is 15.6 Å². The zero-order valence-corrected chi connectivity index (χ0v) is 12.5. The standard InChI is InChI=1S/C10H14S.CHF3O3S/c1-6-5-10(11)9(4)8(3)7(6)2;2-1(3,4)8(5,6)7/h5,11H,1-4H3;(H,5,6,7). The van der Waals surface area contributed by atoms with Crippen LogP contribution in [0.5, 0.6) is 0 Å². The summed E-state index contributed by atoms with van der Waals surface area (Å²) in [6.07, 6.45) is 0. The number of hydrogen-bond donors (Lipinski definition) is 2. The van der Waals surface area contributed by atoms with Gasteiger partial charge in [-0.3, -0.25) is 4.55 Å². The summed E-state index contributed by atoms with van der Waals surface area (Å²) >= 11 is 4.38. The average molecular weight is 316 g/mol. The van der Waals surface area contributed by atoms with Crippen LogP contribution in [0.3, 0.4) is 0 Å². The maximum atomic E-state index is 10.7. The topological polar surface area (TPSA) is 54.4 Å². The first-order valence-corrected chi connectivity index (χ1v) is 6.98. The Bertz CT molecular complexity index is 537. The molecule has 0 radical (unpaired) electrons. The van der Waals surface area contributed by atoms with Crippen molar-refractivity contribution in [2.24, 2.45) is 0 Å². The molecule has 0 saturated carbocycles. The first-order chi connectivity index (χ1) is 8.29. The van der Waals surface area contributed by atoms with E-state index in [0.717, 1.165) is 4.90 Å². The minimum Gasteiger partial charge on any atom is -0.279 e. The Morgan fingerprint density at radius 1 is 1.05 bits per heavy atom. The summed E-state index contributed by atoms with van der Waals surface area (Å²) in [5, 5.41) is 0. The average Bonchev–Trinajstić information content (AvgIpc) is 2.22. The number of benzene rings is 1. The Morgan fingerprint density at radius 2 is 1.42 bits per heavy atom. The van der Waals surface area contributed by atoms with Crippen LogP contribution in [0, 0.1) is 27.7 Å². The molecule has 3 nitrogen and oxygen atoms in total. The van der Waals surface area contributed by atoms with Crippen LogP contribution < -0.4 is 0 Å². The fourth-order valence-electron chi connectivity index (χ4n) is 1.19. The molecule has 0 fully saturated rings. The van der Waals surface area contributed by atoms with Crippen LogP contribution in [0.15, 0.2) is 11.0 Å². The van der Waals surface area contributed by atoms with Crippen LogP contribution in [0.2, 0.25) is 0 Å². The van der Waals surface area contributed by atoms with Gasteiger partial charge >= 0.3 is 15.6 Å². The molecular formula is C11H15F3O3S2. The van der Waals surface area contributed by atoms with Crippen molar-refractivity contribution in [1.29, 1.82) is 0 Å². The lowest BCUT2D eigenvalue weighted by atomic mass is 10.00. The van der Waals surface area contributed by atoms with Crippen LogP contribution in [0.1, 0.15) is 22.3 Å². The Morgan fingerprint density at radius 3 is 1.74 bits per heavy atom. The molecule has 1 N–H and O–H groups in total. The highest BCUT2D eigenvalue weighted by Crippen LogP contribution is 2.23. The van der Waals surface area contributed by atoms with Gasteiger partial charge in [0.1, 0.15) is 0 Å². The Kier molecular flexibility index (Phi) is 5.91. The highest BCUT2D eigenvalue weighted by Gasteiger charge is 2.44. The Labute approximate surface area is 116 Å². The predicted octanol–water partition coefficient (Wildman–Crippen LogP) is 3.60. The fraction of sp³-hybridized carbons (Fsp3) is 0.455. The van der Waals surface area contributed by atoms with Crippen LogP contribution in [0.4, 0.5) is 13.2 Å². The van der Waals surface area contributed by atoms with Crippen molar-refractivity contribution >= 4 is 22.7 Å². The molecule has 1 aromatic rings. The summed E-state index contributed by atoms with van der Waals surface area (Å²) in [7, 11) is -5.84. The summed E-state index contributed by atoms with van der Waals surface area (Å²) in [5.41, 5.74) is -0.141. The van der Waals surface area contributed by atoms with E-state index in [1.165, 1.54) is 22.3 Å². The quantitative estimate of drug-likeness (QED) is 0.437.